The van der Waals surface area contributed by atoms with Crippen LogP contribution in [0.15, 0.2) is 17.5 Å². The normalized spacial score (nSPS) is 24.5. The van der Waals surface area contributed by atoms with Gasteiger partial charge in [0.1, 0.15) is 6.23 Å². The van der Waals surface area contributed by atoms with Gasteiger partial charge in [-0.2, -0.15) is 0 Å². The molecule has 1 atom stereocenters. The van der Waals surface area contributed by atoms with Crippen molar-refractivity contribution in [3.05, 3.63) is 22.4 Å². The summed E-state index contributed by atoms with van der Waals surface area (Å²) in [6.45, 7) is 6.35. The molecule has 86 valence electrons. The number of rotatable bonds is 2. The Hall–Kier alpha value is -0.0900. The van der Waals surface area contributed by atoms with Crippen molar-refractivity contribution in [2.24, 2.45) is 5.41 Å². The Morgan fingerprint density at radius 3 is 2.93 bits per heavy atom. The molecular formula is C11H18ClNOS. The highest BCUT2D eigenvalue weighted by Gasteiger charge is 2.26. The van der Waals surface area contributed by atoms with E-state index in [0.717, 1.165) is 19.6 Å². The number of nitrogens with one attached hydrogen (secondary N) is 1. The van der Waals surface area contributed by atoms with E-state index in [1.165, 1.54) is 4.88 Å². The first-order chi connectivity index (χ1) is 6.66. The molecule has 1 unspecified atom stereocenters. The van der Waals surface area contributed by atoms with Crippen molar-refractivity contribution in [2.75, 3.05) is 13.2 Å². The summed E-state index contributed by atoms with van der Waals surface area (Å²) in [6, 6.07) is 4.25. The van der Waals surface area contributed by atoms with E-state index in [2.05, 4.69) is 36.7 Å². The monoisotopic (exact) mass is 247 g/mol. The second-order valence-corrected chi connectivity index (χ2v) is 5.66. The highest BCUT2D eigenvalue weighted by Crippen LogP contribution is 2.21. The lowest BCUT2D eigenvalue weighted by atomic mass is 9.93. The van der Waals surface area contributed by atoms with Gasteiger partial charge in [-0.15, -0.1) is 23.7 Å². The van der Waals surface area contributed by atoms with Crippen LogP contribution in [-0.4, -0.2) is 19.4 Å². The molecule has 1 aliphatic rings. The van der Waals surface area contributed by atoms with Gasteiger partial charge in [0.05, 0.1) is 6.61 Å². The van der Waals surface area contributed by atoms with Crippen LogP contribution in [0.1, 0.15) is 18.7 Å². The predicted molar refractivity (Wildman–Crippen MR) is 66.8 cm³/mol. The molecule has 15 heavy (non-hydrogen) atoms. The molecule has 0 radical (unpaired) electrons. The Balaban J connectivity index is 0.00000112. The standard InChI is InChI=1S/C11H17NOS.ClH/c1-11(2)7-12-10(13-8-11)6-9-4-3-5-14-9;/h3-5,10,12H,6-8H2,1-2H3;1H. The van der Waals surface area contributed by atoms with Crippen LogP contribution in [0.5, 0.6) is 0 Å². The van der Waals surface area contributed by atoms with Gasteiger partial charge in [0, 0.05) is 23.3 Å². The summed E-state index contributed by atoms with van der Waals surface area (Å²) in [5.41, 5.74) is 0.284. The molecule has 1 N–H and O–H groups in total. The van der Waals surface area contributed by atoms with Gasteiger partial charge in [-0.1, -0.05) is 19.9 Å². The van der Waals surface area contributed by atoms with Gasteiger partial charge in [0.25, 0.3) is 0 Å². The van der Waals surface area contributed by atoms with Crippen LogP contribution in [0.25, 0.3) is 0 Å². The average molecular weight is 248 g/mol. The van der Waals surface area contributed by atoms with Gasteiger partial charge in [0.2, 0.25) is 0 Å². The summed E-state index contributed by atoms with van der Waals surface area (Å²) in [5, 5.41) is 5.55. The highest BCUT2D eigenvalue weighted by molar-refractivity contribution is 7.09. The largest absolute Gasteiger partial charge is 0.362 e. The van der Waals surface area contributed by atoms with Crippen molar-refractivity contribution in [3.63, 3.8) is 0 Å². The van der Waals surface area contributed by atoms with Gasteiger partial charge < -0.3 is 4.74 Å². The van der Waals surface area contributed by atoms with Crippen molar-refractivity contribution in [2.45, 2.75) is 26.5 Å². The summed E-state index contributed by atoms with van der Waals surface area (Å²) < 4.78 is 5.76. The molecular weight excluding hydrogens is 230 g/mol. The number of ether oxygens (including phenoxy) is 1. The summed E-state index contributed by atoms with van der Waals surface area (Å²) in [7, 11) is 0. The fourth-order valence-corrected chi connectivity index (χ4v) is 2.31. The molecule has 2 heterocycles. The van der Waals surface area contributed by atoms with Gasteiger partial charge in [-0.25, -0.2) is 0 Å². The van der Waals surface area contributed by atoms with Crippen molar-refractivity contribution >= 4 is 23.7 Å². The highest BCUT2D eigenvalue weighted by atomic mass is 35.5. The zero-order valence-corrected chi connectivity index (χ0v) is 10.8. The molecule has 0 saturated carbocycles. The van der Waals surface area contributed by atoms with Crippen LogP contribution in [-0.2, 0) is 11.2 Å². The lowest BCUT2D eigenvalue weighted by Gasteiger charge is -2.35. The average Bonchev–Trinajstić information content (AvgIpc) is 2.61. The van der Waals surface area contributed by atoms with E-state index >= 15 is 0 Å². The maximum Gasteiger partial charge on any atom is 0.113 e. The van der Waals surface area contributed by atoms with Gasteiger partial charge in [0.15, 0.2) is 0 Å². The first-order valence-corrected chi connectivity index (χ1v) is 5.91. The molecule has 1 aromatic heterocycles. The Morgan fingerprint density at radius 2 is 2.40 bits per heavy atom. The molecule has 0 aliphatic carbocycles. The van der Waals surface area contributed by atoms with E-state index < -0.39 is 0 Å². The second kappa shape index (κ2) is 5.30. The number of hydrogen-bond donors (Lipinski definition) is 1. The van der Waals surface area contributed by atoms with Gasteiger partial charge >= 0.3 is 0 Å². The fraction of sp³-hybridized carbons (Fsp3) is 0.636. The quantitative estimate of drug-likeness (QED) is 0.868. The van der Waals surface area contributed by atoms with Crippen LogP contribution in [0, 0.1) is 5.41 Å². The van der Waals surface area contributed by atoms with Crippen molar-refractivity contribution < 1.29 is 4.74 Å². The van der Waals surface area contributed by atoms with E-state index in [1.54, 1.807) is 11.3 Å². The molecule has 0 bridgehead atoms. The zero-order chi connectivity index (χ0) is 10.0. The van der Waals surface area contributed by atoms with Crippen LogP contribution >= 0.6 is 23.7 Å². The Kier molecular flexibility index (Phi) is 4.59. The van der Waals surface area contributed by atoms with E-state index in [-0.39, 0.29) is 24.0 Å². The number of thiophene rings is 1. The molecule has 0 amide bonds. The molecule has 1 fully saturated rings. The lowest BCUT2D eigenvalue weighted by molar-refractivity contribution is -0.0562. The van der Waals surface area contributed by atoms with E-state index in [9.17, 15) is 0 Å². The molecule has 0 aromatic carbocycles. The topological polar surface area (TPSA) is 21.3 Å². The second-order valence-electron chi connectivity index (χ2n) is 4.63. The molecule has 1 aliphatic heterocycles. The van der Waals surface area contributed by atoms with Crippen LogP contribution in [0.2, 0.25) is 0 Å². The Bertz CT molecular complexity index is 277. The maximum atomic E-state index is 5.76. The minimum absolute atomic E-state index is 0. The molecule has 2 nitrogen and oxygen atoms in total. The molecule has 4 heteroatoms. The third-order valence-electron chi connectivity index (χ3n) is 2.45. The summed E-state index contributed by atoms with van der Waals surface area (Å²) in [5.74, 6) is 0. The summed E-state index contributed by atoms with van der Waals surface area (Å²) >= 11 is 1.80. The summed E-state index contributed by atoms with van der Waals surface area (Å²) in [4.78, 5) is 1.39. The van der Waals surface area contributed by atoms with Crippen molar-refractivity contribution in [1.29, 1.82) is 0 Å². The van der Waals surface area contributed by atoms with Crippen LogP contribution < -0.4 is 5.32 Å². The zero-order valence-electron chi connectivity index (χ0n) is 9.16. The lowest BCUT2D eigenvalue weighted by Crippen LogP contribution is -2.48. The third-order valence-corrected chi connectivity index (χ3v) is 3.35. The van der Waals surface area contributed by atoms with Crippen molar-refractivity contribution in [1.82, 2.24) is 5.32 Å². The summed E-state index contributed by atoms with van der Waals surface area (Å²) in [6.07, 6.45) is 1.20. The minimum atomic E-state index is 0. The number of halogens is 1. The molecule has 1 saturated heterocycles. The number of hydrogen-bond acceptors (Lipinski definition) is 3. The first-order valence-electron chi connectivity index (χ1n) is 5.03. The Morgan fingerprint density at radius 1 is 1.60 bits per heavy atom. The first kappa shape index (κ1) is 13.0. The Labute approximate surface area is 101 Å². The molecule has 1 aromatic rings. The minimum Gasteiger partial charge on any atom is -0.362 e. The van der Waals surface area contributed by atoms with Gasteiger partial charge in [-0.3, -0.25) is 5.32 Å². The van der Waals surface area contributed by atoms with Crippen molar-refractivity contribution in [3.8, 4) is 0 Å². The van der Waals surface area contributed by atoms with E-state index in [1.807, 2.05) is 0 Å². The SMILES string of the molecule is CC1(C)CNC(Cc2cccs2)OC1.Cl. The maximum absolute atomic E-state index is 5.76. The third kappa shape index (κ3) is 3.76. The smallest absolute Gasteiger partial charge is 0.113 e. The van der Waals surface area contributed by atoms with Gasteiger partial charge in [-0.05, 0) is 11.4 Å². The van der Waals surface area contributed by atoms with E-state index in [0.29, 0.717) is 0 Å². The van der Waals surface area contributed by atoms with Crippen LogP contribution in [0.4, 0.5) is 0 Å². The van der Waals surface area contributed by atoms with E-state index in [4.69, 9.17) is 4.74 Å². The predicted octanol–water partition coefficient (Wildman–Crippen LogP) is 2.68. The fourth-order valence-electron chi connectivity index (χ4n) is 1.57. The molecule has 0 spiro atoms. The van der Waals surface area contributed by atoms with Crippen LogP contribution in [0.3, 0.4) is 0 Å². The molecule has 2 rings (SSSR count).